The number of carbonyl (C=O) groups excluding carboxylic acids is 1. The highest BCUT2D eigenvalue weighted by Crippen LogP contribution is 2.30. The van der Waals surface area contributed by atoms with E-state index in [1.54, 1.807) is 12.4 Å². The third-order valence-corrected chi connectivity index (χ3v) is 3.32. The van der Waals surface area contributed by atoms with Crippen LogP contribution >= 0.6 is 0 Å². The third-order valence-electron chi connectivity index (χ3n) is 3.32. The number of aromatic nitrogens is 2. The summed E-state index contributed by atoms with van der Waals surface area (Å²) in [4.78, 5) is 11.9. The minimum absolute atomic E-state index is 0.108. The van der Waals surface area contributed by atoms with Crippen molar-refractivity contribution in [3.63, 3.8) is 0 Å². The second kappa shape index (κ2) is 5.12. The molecule has 0 aromatic carbocycles. The maximum Gasteiger partial charge on any atom is 0.223 e. The minimum atomic E-state index is 0.108. The highest BCUT2D eigenvalue weighted by atomic mass is 16.1. The van der Waals surface area contributed by atoms with Crippen LogP contribution in [0.3, 0.4) is 0 Å². The molecule has 4 N–H and O–H groups in total. The Bertz CT molecular complexity index is 336. The molecule has 1 heterocycles. The standard InChI is InChI=1S/C11H18N4O/c12-4-9-2-1-3-10(9)11(16)13-5-8-6-14-15-7-8/h6-7,9-10H,1-5,12H2,(H,13,16)(H,14,15). The van der Waals surface area contributed by atoms with E-state index in [-0.39, 0.29) is 11.8 Å². The first-order chi connectivity index (χ1) is 7.81. The second-order valence-electron chi connectivity index (χ2n) is 4.36. The van der Waals surface area contributed by atoms with Crippen molar-refractivity contribution in [2.45, 2.75) is 25.8 Å². The number of nitrogens with zero attached hydrogens (tertiary/aromatic N) is 1. The van der Waals surface area contributed by atoms with Crippen LogP contribution in [-0.4, -0.2) is 22.6 Å². The average molecular weight is 222 g/mol. The average Bonchev–Trinajstić information content (AvgIpc) is 2.96. The molecule has 88 valence electrons. The topological polar surface area (TPSA) is 83.8 Å². The Labute approximate surface area is 94.8 Å². The summed E-state index contributed by atoms with van der Waals surface area (Å²) < 4.78 is 0. The number of H-pyrrole nitrogens is 1. The largest absolute Gasteiger partial charge is 0.352 e. The number of amides is 1. The summed E-state index contributed by atoms with van der Waals surface area (Å²) in [6.07, 6.45) is 6.68. The van der Waals surface area contributed by atoms with Crippen LogP contribution in [0.1, 0.15) is 24.8 Å². The molecule has 16 heavy (non-hydrogen) atoms. The molecule has 5 nitrogen and oxygen atoms in total. The fourth-order valence-electron chi connectivity index (χ4n) is 2.36. The van der Waals surface area contributed by atoms with Gasteiger partial charge in [-0.25, -0.2) is 0 Å². The van der Waals surface area contributed by atoms with Gasteiger partial charge in [-0.15, -0.1) is 0 Å². The number of carbonyl (C=O) groups is 1. The van der Waals surface area contributed by atoms with Crippen molar-refractivity contribution >= 4 is 5.91 Å². The number of nitrogens with one attached hydrogen (secondary N) is 2. The molecular formula is C11H18N4O. The molecule has 1 saturated carbocycles. The molecule has 1 aromatic heterocycles. The SMILES string of the molecule is NCC1CCCC1C(=O)NCc1cn[nH]c1. The van der Waals surface area contributed by atoms with Gasteiger partial charge >= 0.3 is 0 Å². The molecule has 0 aliphatic heterocycles. The lowest BCUT2D eigenvalue weighted by Gasteiger charge is -2.16. The molecule has 1 aromatic rings. The molecule has 5 heteroatoms. The Hall–Kier alpha value is -1.36. The van der Waals surface area contributed by atoms with E-state index in [0.29, 0.717) is 19.0 Å². The normalized spacial score (nSPS) is 24.6. The number of rotatable bonds is 4. The Morgan fingerprint density at radius 2 is 2.50 bits per heavy atom. The predicted molar refractivity (Wildman–Crippen MR) is 60.3 cm³/mol. The van der Waals surface area contributed by atoms with Crippen molar-refractivity contribution in [3.8, 4) is 0 Å². The molecule has 2 unspecified atom stereocenters. The summed E-state index contributed by atoms with van der Waals surface area (Å²) in [5.74, 6) is 0.607. The van der Waals surface area contributed by atoms with Gasteiger partial charge in [0.15, 0.2) is 0 Å². The first kappa shape index (κ1) is 11.1. The summed E-state index contributed by atoms with van der Waals surface area (Å²) in [6.45, 7) is 1.16. The van der Waals surface area contributed by atoms with Gasteiger partial charge in [-0.05, 0) is 25.3 Å². The van der Waals surface area contributed by atoms with Gasteiger partial charge in [-0.3, -0.25) is 9.89 Å². The predicted octanol–water partition coefficient (Wildman–Crippen LogP) is 0.401. The molecule has 1 aliphatic carbocycles. The summed E-state index contributed by atoms with van der Waals surface area (Å²) in [7, 11) is 0. The fourth-order valence-corrected chi connectivity index (χ4v) is 2.36. The molecule has 2 atom stereocenters. The molecule has 0 spiro atoms. The van der Waals surface area contributed by atoms with Crippen molar-refractivity contribution in [2.24, 2.45) is 17.6 Å². The fraction of sp³-hybridized carbons (Fsp3) is 0.636. The lowest BCUT2D eigenvalue weighted by atomic mass is 9.95. The summed E-state index contributed by atoms with van der Waals surface area (Å²) in [5.41, 5.74) is 6.65. The van der Waals surface area contributed by atoms with E-state index in [1.165, 1.54) is 0 Å². The first-order valence-corrected chi connectivity index (χ1v) is 5.76. The molecular weight excluding hydrogens is 204 g/mol. The third kappa shape index (κ3) is 2.41. The summed E-state index contributed by atoms with van der Waals surface area (Å²) >= 11 is 0. The lowest BCUT2D eigenvalue weighted by molar-refractivity contribution is -0.126. The monoisotopic (exact) mass is 222 g/mol. The molecule has 1 fully saturated rings. The van der Waals surface area contributed by atoms with Crippen molar-refractivity contribution in [3.05, 3.63) is 18.0 Å². The van der Waals surface area contributed by atoms with Crippen LogP contribution in [0.25, 0.3) is 0 Å². The van der Waals surface area contributed by atoms with E-state index >= 15 is 0 Å². The van der Waals surface area contributed by atoms with Gasteiger partial charge in [0.1, 0.15) is 0 Å². The zero-order valence-corrected chi connectivity index (χ0v) is 9.28. The highest BCUT2D eigenvalue weighted by Gasteiger charge is 2.31. The highest BCUT2D eigenvalue weighted by molar-refractivity contribution is 5.79. The van der Waals surface area contributed by atoms with Crippen molar-refractivity contribution in [2.75, 3.05) is 6.54 Å². The molecule has 0 radical (unpaired) electrons. The maximum absolute atomic E-state index is 11.9. The first-order valence-electron chi connectivity index (χ1n) is 5.76. The molecule has 0 bridgehead atoms. The number of aromatic amines is 1. The number of hydrogen-bond acceptors (Lipinski definition) is 3. The van der Waals surface area contributed by atoms with Crippen molar-refractivity contribution < 1.29 is 4.79 Å². The van der Waals surface area contributed by atoms with Gasteiger partial charge in [0.2, 0.25) is 5.91 Å². The van der Waals surface area contributed by atoms with Gasteiger partial charge in [0.25, 0.3) is 0 Å². The van der Waals surface area contributed by atoms with Crippen LogP contribution in [0.5, 0.6) is 0 Å². The molecule has 0 saturated heterocycles. The zero-order valence-electron chi connectivity index (χ0n) is 9.28. The summed E-state index contributed by atoms with van der Waals surface area (Å²) in [5, 5.41) is 9.49. The van der Waals surface area contributed by atoms with Crippen LogP contribution < -0.4 is 11.1 Å². The van der Waals surface area contributed by atoms with Gasteiger partial charge in [-0.1, -0.05) is 6.42 Å². The van der Waals surface area contributed by atoms with E-state index in [0.717, 1.165) is 24.8 Å². The number of hydrogen-bond donors (Lipinski definition) is 3. The molecule has 1 aliphatic rings. The van der Waals surface area contributed by atoms with E-state index in [2.05, 4.69) is 15.5 Å². The Kier molecular flexibility index (Phi) is 3.56. The second-order valence-corrected chi connectivity index (χ2v) is 4.36. The van der Waals surface area contributed by atoms with Crippen LogP contribution in [0.2, 0.25) is 0 Å². The van der Waals surface area contributed by atoms with Gasteiger partial charge in [-0.2, -0.15) is 5.10 Å². The Balaban J connectivity index is 1.83. The maximum atomic E-state index is 11.9. The van der Waals surface area contributed by atoms with E-state index in [9.17, 15) is 4.79 Å². The Morgan fingerprint density at radius 1 is 1.62 bits per heavy atom. The van der Waals surface area contributed by atoms with Crippen LogP contribution in [-0.2, 0) is 11.3 Å². The number of nitrogens with two attached hydrogens (primary N) is 1. The van der Waals surface area contributed by atoms with E-state index < -0.39 is 0 Å². The van der Waals surface area contributed by atoms with Gasteiger partial charge in [0.05, 0.1) is 6.20 Å². The van der Waals surface area contributed by atoms with E-state index in [1.807, 2.05) is 0 Å². The lowest BCUT2D eigenvalue weighted by Crippen LogP contribution is -2.34. The smallest absolute Gasteiger partial charge is 0.223 e. The van der Waals surface area contributed by atoms with Gasteiger partial charge < -0.3 is 11.1 Å². The van der Waals surface area contributed by atoms with Crippen LogP contribution in [0.15, 0.2) is 12.4 Å². The van der Waals surface area contributed by atoms with E-state index in [4.69, 9.17) is 5.73 Å². The Morgan fingerprint density at radius 3 is 3.19 bits per heavy atom. The van der Waals surface area contributed by atoms with Crippen LogP contribution in [0, 0.1) is 11.8 Å². The molecule has 1 amide bonds. The zero-order chi connectivity index (χ0) is 11.4. The molecule has 2 rings (SSSR count). The van der Waals surface area contributed by atoms with Crippen molar-refractivity contribution in [1.82, 2.24) is 15.5 Å². The summed E-state index contributed by atoms with van der Waals surface area (Å²) in [6, 6.07) is 0. The van der Waals surface area contributed by atoms with Gasteiger partial charge in [0, 0.05) is 24.2 Å². The minimum Gasteiger partial charge on any atom is -0.352 e. The van der Waals surface area contributed by atoms with Crippen molar-refractivity contribution in [1.29, 1.82) is 0 Å². The quantitative estimate of drug-likeness (QED) is 0.689. The van der Waals surface area contributed by atoms with Crippen LogP contribution in [0.4, 0.5) is 0 Å².